The van der Waals surface area contributed by atoms with E-state index in [1.165, 1.54) is 0 Å². The van der Waals surface area contributed by atoms with Crippen molar-refractivity contribution in [2.24, 2.45) is 0 Å². The molecule has 3 rings (SSSR count). The lowest BCUT2D eigenvalue weighted by Crippen LogP contribution is -2.15. The molecule has 0 saturated carbocycles. The Labute approximate surface area is 109 Å². The van der Waals surface area contributed by atoms with Gasteiger partial charge < -0.3 is 5.11 Å². The highest BCUT2D eigenvalue weighted by Gasteiger charge is 2.20. The molecule has 0 aromatic carbocycles. The summed E-state index contributed by atoms with van der Waals surface area (Å²) in [6, 6.07) is 1.85. The Morgan fingerprint density at radius 3 is 2.84 bits per heavy atom. The van der Waals surface area contributed by atoms with E-state index >= 15 is 0 Å². The maximum absolute atomic E-state index is 9.84. The van der Waals surface area contributed by atoms with Gasteiger partial charge in [0.1, 0.15) is 11.3 Å². The highest BCUT2D eigenvalue weighted by atomic mass is 16.3. The normalized spacial score (nSPS) is 12.2. The van der Waals surface area contributed by atoms with Crippen molar-refractivity contribution in [1.29, 1.82) is 0 Å². The van der Waals surface area contributed by atoms with Crippen LogP contribution in [0.4, 0.5) is 0 Å². The largest absolute Gasteiger partial charge is 0.384 e. The number of fused-ring (bicyclic) bond motifs is 1. The summed E-state index contributed by atoms with van der Waals surface area (Å²) in [4.78, 5) is 8.53. The standard InChI is InChI=1S/C12H14N6O/c1-12(2,19)10-8-18(16-15-10)7-9-6-17-5-3-4-13-11(17)14-9/h3-6,8,19H,7H2,1-2H3. The van der Waals surface area contributed by atoms with Gasteiger partial charge in [-0.15, -0.1) is 5.10 Å². The molecule has 0 amide bonds. The molecule has 1 N–H and O–H groups in total. The van der Waals surface area contributed by atoms with Gasteiger partial charge in [-0.3, -0.25) is 4.40 Å². The van der Waals surface area contributed by atoms with Crippen LogP contribution in [0.25, 0.3) is 5.78 Å². The Morgan fingerprint density at radius 2 is 2.16 bits per heavy atom. The molecule has 0 aliphatic heterocycles. The molecule has 7 nitrogen and oxygen atoms in total. The molecule has 0 bridgehead atoms. The minimum Gasteiger partial charge on any atom is -0.384 e. The minimum absolute atomic E-state index is 0.493. The van der Waals surface area contributed by atoms with Crippen LogP contribution in [0.1, 0.15) is 25.2 Å². The van der Waals surface area contributed by atoms with E-state index in [0.717, 1.165) is 5.69 Å². The second kappa shape index (κ2) is 4.13. The zero-order valence-corrected chi connectivity index (χ0v) is 10.7. The fourth-order valence-corrected chi connectivity index (χ4v) is 1.78. The van der Waals surface area contributed by atoms with Crippen molar-refractivity contribution in [3.05, 3.63) is 42.2 Å². The van der Waals surface area contributed by atoms with Crippen LogP contribution in [0.3, 0.4) is 0 Å². The lowest BCUT2D eigenvalue weighted by molar-refractivity contribution is 0.0737. The highest BCUT2D eigenvalue weighted by molar-refractivity contribution is 5.29. The maximum Gasteiger partial charge on any atom is 0.233 e. The molecule has 0 atom stereocenters. The quantitative estimate of drug-likeness (QED) is 0.744. The van der Waals surface area contributed by atoms with Gasteiger partial charge in [-0.1, -0.05) is 5.21 Å². The van der Waals surface area contributed by atoms with E-state index < -0.39 is 5.60 Å². The maximum atomic E-state index is 9.84. The predicted molar refractivity (Wildman–Crippen MR) is 67.4 cm³/mol. The van der Waals surface area contributed by atoms with Crippen LogP contribution in [-0.4, -0.2) is 34.5 Å². The molecule has 3 heterocycles. The van der Waals surface area contributed by atoms with Gasteiger partial charge in [-0.05, 0) is 19.9 Å². The Morgan fingerprint density at radius 1 is 1.32 bits per heavy atom. The summed E-state index contributed by atoms with van der Waals surface area (Å²) >= 11 is 0. The van der Waals surface area contributed by atoms with Crippen LogP contribution in [0.5, 0.6) is 0 Å². The van der Waals surface area contributed by atoms with Crippen LogP contribution in [-0.2, 0) is 12.1 Å². The van der Waals surface area contributed by atoms with Gasteiger partial charge in [0.2, 0.25) is 5.78 Å². The highest BCUT2D eigenvalue weighted by Crippen LogP contribution is 2.16. The molecule has 0 unspecified atom stereocenters. The fraction of sp³-hybridized carbons (Fsp3) is 0.333. The summed E-state index contributed by atoms with van der Waals surface area (Å²) < 4.78 is 3.50. The van der Waals surface area contributed by atoms with Crippen LogP contribution in [0, 0.1) is 0 Å². The second-order valence-electron chi connectivity index (χ2n) is 4.92. The van der Waals surface area contributed by atoms with Gasteiger partial charge in [0.15, 0.2) is 0 Å². The van der Waals surface area contributed by atoms with Crippen molar-refractivity contribution in [3.63, 3.8) is 0 Å². The Bertz CT molecular complexity index is 675. The lowest BCUT2D eigenvalue weighted by atomic mass is 10.1. The van der Waals surface area contributed by atoms with Crippen LogP contribution in [0.2, 0.25) is 0 Å². The number of rotatable bonds is 3. The first kappa shape index (κ1) is 11.8. The van der Waals surface area contributed by atoms with E-state index in [1.807, 2.05) is 22.9 Å². The number of hydrogen-bond acceptors (Lipinski definition) is 5. The molecular weight excluding hydrogens is 244 g/mol. The monoisotopic (exact) mass is 258 g/mol. The topological polar surface area (TPSA) is 81.1 Å². The molecule has 3 aromatic heterocycles. The number of nitrogens with zero attached hydrogens (tertiary/aromatic N) is 6. The van der Waals surface area contributed by atoms with Crippen molar-refractivity contribution in [1.82, 2.24) is 29.4 Å². The van der Waals surface area contributed by atoms with Gasteiger partial charge in [-0.2, -0.15) is 0 Å². The zero-order valence-electron chi connectivity index (χ0n) is 10.7. The molecule has 3 aromatic rings. The van der Waals surface area contributed by atoms with Gasteiger partial charge in [-0.25, -0.2) is 14.6 Å². The van der Waals surface area contributed by atoms with E-state index in [-0.39, 0.29) is 0 Å². The van der Waals surface area contributed by atoms with Crippen molar-refractivity contribution < 1.29 is 5.11 Å². The molecule has 0 aliphatic rings. The first-order valence-corrected chi connectivity index (χ1v) is 5.94. The van der Waals surface area contributed by atoms with Gasteiger partial charge in [0.05, 0.1) is 18.4 Å². The van der Waals surface area contributed by atoms with E-state index in [1.54, 1.807) is 30.9 Å². The summed E-state index contributed by atoms with van der Waals surface area (Å²) in [7, 11) is 0. The SMILES string of the molecule is CC(C)(O)c1cn(Cc2cn3cccnc3n2)nn1. The molecular formula is C12H14N6O. The molecule has 19 heavy (non-hydrogen) atoms. The van der Waals surface area contributed by atoms with Crippen LogP contribution in [0.15, 0.2) is 30.9 Å². The molecule has 7 heteroatoms. The van der Waals surface area contributed by atoms with Crippen LogP contribution >= 0.6 is 0 Å². The fourth-order valence-electron chi connectivity index (χ4n) is 1.78. The Hall–Kier alpha value is -2.28. The van der Waals surface area contributed by atoms with Gasteiger partial charge in [0, 0.05) is 18.6 Å². The molecule has 0 radical (unpaired) electrons. The van der Waals surface area contributed by atoms with Crippen LogP contribution < -0.4 is 0 Å². The number of aliphatic hydroxyl groups is 1. The molecule has 98 valence electrons. The first-order chi connectivity index (χ1) is 9.02. The third-order valence-corrected chi connectivity index (χ3v) is 2.77. The molecule has 0 spiro atoms. The van der Waals surface area contributed by atoms with Crippen molar-refractivity contribution in [2.45, 2.75) is 26.0 Å². The average molecular weight is 258 g/mol. The molecule has 0 saturated heterocycles. The summed E-state index contributed by atoms with van der Waals surface area (Å²) in [5, 5.41) is 17.8. The third-order valence-electron chi connectivity index (χ3n) is 2.77. The lowest BCUT2D eigenvalue weighted by Gasteiger charge is -2.11. The third kappa shape index (κ3) is 2.32. The van der Waals surface area contributed by atoms with E-state index in [4.69, 9.17) is 0 Å². The van der Waals surface area contributed by atoms with Crippen molar-refractivity contribution in [3.8, 4) is 0 Å². The predicted octanol–water partition coefficient (Wildman–Crippen LogP) is 0.596. The minimum atomic E-state index is -0.987. The average Bonchev–Trinajstić information content (AvgIpc) is 2.94. The smallest absolute Gasteiger partial charge is 0.233 e. The summed E-state index contributed by atoms with van der Waals surface area (Å²) in [6.07, 6.45) is 7.21. The van der Waals surface area contributed by atoms with E-state index in [0.29, 0.717) is 18.0 Å². The van der Waals surface area contributed by atoms with Crippen molar-refractivity contribution in [2.75, 3.05) is 0 Å². The second-order valence-corrected chi connectivity index (χ2v) is 4.92. The summed E-state index contributed by atoms with van der Waals surface area (Å²) in [6.45, 7) is 3.85. The zero-order chi connectivity index (χ0) is 13.5. The number of imidazole rings is 1. The Balaban J connectivity index is 1.86. The molecule has 0 fully saturated rings. The van der Waals surface area contributed by atoms with Gasteiger partial charge in [0.25, 0.3) is 0 Å². The van der Waals surface area contributed by atoms with Gasteiger partial charge >= 0.3 is 0 Å². The molecule has 0 aliphatic carbocycles. The van der Waals surface area contributed by atoms with E-state index in [9.17, 15) is 5.11 Å². The van der Waals surface area contributed by atoms with Crippen molar-refractivity contribution >= 4 is 5.78 Å². The Kier molecular flexibility index (Phi) is 2.56. The number of hydrogen-bond donors (Lipinski definition) is 1. The first-order valence-electron chi connectivity index (χ1n) is 5.94. The summed E-state index contributed by atoms with van der Waals surface area (Å²) in [5.41, 5.74) is 0.388. The number of aromatic nitrogens is 6. The summed E-state index contributed by atoms with van der Waals surface area (Å²) in [5.74, 6) is 0.653. The van der Waals surface area contributed by atoms with E-state index in [2.05, 4.69) is 20.3 Å².